The van der Waals surface area contributed by atoms with Gasteiger partial charge in [-0.1, -0.05) is 0 Å². The number of fused-ring (bicyclic) bond motifs is 2. The molecule has 1 saturated heterocycles. The second-order valence-electron chi connectivity index (χ2n) is 7.06. The van der Waals surface area contributed by atoms with E-state index in [4.69, 9.17) is 9.47 Å². The highest BCUT2D eigenvalue weighted by Crippen LogP contribution is 2.31. The van der Waals surface area contributed by atoms with Gasteiger partial charge in [0.25, 0.3) is 5.56 Å². The molecule has 4 N–H and O–H groups in total. The van der Waals surface area contributed by atoms with E-state index in [1.807, 2.05) is 24.3 Å². The zero-order valence-corrected chi connectivity index (χ0v) is 15.8. The first-order chi connectivity index (χ1) is 14.5. The molecule has 0 radical (unpaired) electrons. The molecule has 1 fully saturated rings. The number of ether oxygens (including phenoxy) is 2. The van der Waals surface area contributed by atoms with Gasteiger partial charge < -0.3 is 29.8 Å². The maximum Gasteiger partial charge on any atom is 0.287 e. The Morgan fingerprint density at radius 1 is 1.23 bits per heavy atom. The first kappa shape index (κ1) is 18.8. The summed E-state index contributed by atoms with van der Waals surface area (Å²) >= 11 is 0. The topological polar surface area (TPSA) is 147 Å². The maximum atomic E-state index is 12.9. The van der Waals surface area contributed by atoms with Crippen LogP contribution in [0, 0.1) is 0 Å². The fraction of sp³-hybridized carbons (Fsp3) is 0.316. The average Bonchev–Trinajstić information content (AvgIpc) is 3.45. The van der Waals surface area contributed by atoms with Crippen LogP contribution in [0.5, 0.6) is 5.75 Å². The van der Waals surface area contributed by atoms with E-state index in [0.29, 0.717) is 11.4 Å². The Bertz CT molecular complexity index is 1280. The van der Waals surface area contributed by atoms with Gasteiger partial charge in [-0.2, -0.15) is 4.98 Å². The van der Waals surface area contributed by atoms with E-state index in [1.165, 1.54) is 15.3 Å². The van der Waals surface area contributed by atoms with Crippen molar-refractivity contribution in [3.8, 4) is 17.0 Å². The van der Waals surface area contributed by atoms with Crippen LogP contribution in [0.3, 0.4) is 0 Å². The summed E-state index contributed by atoms with van der Waals surface area (Å²) in [6, 6.07) is 7.33. The van der Waals surface area contributed by atoms with E-state index in [1.54, 1.807) is 13.3 Å². The molecule has 4 aromatic rings. The molecule has 11 nitrogen and oxygen atoms in total. The number of nitrogens with one attached hydrogen (secondary N) is 1. The molecule has 4 heterocycles. The van der Waals surface area contributed by atoms with Crippen molar-refractivity contribution < 1.29 is 24.8 Å². The van der Waals surface area contributed by atoms with E-state index in [2.05, 4.69) is 15.0 Å². The highest BCUT2D eigenvalue weighted by atomic mass is 16.6. The second-order valence-corrected chi connectivity index (χ2v) is 7.06. The van der Waals surface area contributed by atoms with Crippen molar-refractivity contribution in [2.45, 2.75) is 24.5 Å². The van der Waals surface area contributed by atoms with Gasteiger partial charge in [-0.05, 0) is 29.8 Å². The lowest BCUT2D eigenvalue weighted by Gasteiger charge is -2.16. The molecule has 0 aliphatic carbocycles. The zero-order valence-electron chi connectivity index (χ0n) is 15.8. The SMILES string of the molecule is COc1ccc(-c2cn3c(=O)c4ncn([C@@H]5O[C@H](CO)[C@@H](O)[C@H]5O)c4nc3[nH]2)cc1. The highest BCUT2D eigenvalue weighted by Gasteiger charge is 2.44. The number of hydrogen-bond acceptors (Lipinski definition) is 8. The first-order valence-corrected chi connectivity index (χ1v) is 9.26. The highest BCUT2D eigenvalue weighted by molar-refractivity contribution is 5.73. The van der Waals surface area contributed by atoms with Crippen molar-refractivity contribution in [1.29, 1.82) is 0 Å². The van der Waals surface area contributed by atoms with Gasteiger partial charge in [0.2, 0.25) is 5.78 Å². The van der Waals surface area contributed by atoms with Crippen LogP contribution < -0.4 is 10.3 Å². The number of hydrogen-bond donors (Lipinski definition) is 4. The Kier molecular flexibility index (Phi) is 4.33. The lowest BCUT2D eigenvalue weighted by Crippen LogP contribution is -2.33. The number of aliphatic hydroxyl groups is 3. The van der Waals surface area contributed by atoms with Gasteiger partial charge in [0.15, 0.2) is 17.4 Å². The number of aromatic nitrogens is 5. The predicted octanol–water partition coefficient (Wildman–Crippen LogP) is -0.341. The molecule has 3 aromatic heterocycles. The molecule has 11 heteroatoms. The van der Waals surface area contributed by atoms with Crippen LogP contribution in [0.4, 0.5) is 0 Å². The van der Waals surface area contributed by atoms with E-state index in [9.17, 15) is 20.1 Å². The third kappa shape index (κ3) is 2.71. The van der Waals surface area contributed by atoms with Gasteiger partial charge in [-0.3, -0.25) is 9.36 Å². The lowest BCUT2D eigenvalue weighted by molar-refractivity contribution is -0.0511. The Morgan fingerprint density at radius 3 is 2.67 bits per heavy atom. The quantitative estimate of drug-likeness (QED) is 0.355. The Morgan fingerprint density at radius 2 is 2.00 bits per heavy atom. The van der Waals surface area contributed by atoms with Crippen molar-refractivity contribution in [3.63, 3.8) is 0 Å². The lowest BCUT2D eigenvalue weighted by atomic mass is 10.1. The summed E-state index contributed by atoms with van der Waals surface area (Å²) in [5.74, 6) is 0.999. The molecule has 1 aliphatic rings. The number of nitrogens with zero attached hydrogens (tertiary/aromatic N) is 4. The molecular formula is C19H19N5O6. The standard InChI is InChI=1S/C19H19N5O6/c1-29-10-4-2-9(3-5-10)11-6-23-17(28)13-16(22-19(23)21-11)24(8-20-13)18-15(27)14(26)12(7-25)30-18/h2-6,8,12,14-15,18,25-27H,7H2,1H3,(H,21,22)/t12-,14-,15-,18-/m1/s1. The molecule has 0 spiro atoms. The third-order valence-corrected chi connectivity index (χ3v) is 5.33. The van der Waals surface area contributed by atoms with Gasteiger partial charge in [-0.25, -0.2) is 9.38 Å². The summed E-state index contributed by atoms with van der Waals surface area (Å²) in [6.07, 6.45) is -1.60. The minimum atomic E-state index is -1.31. The summed E-state index contributed by atoms with van der Waals surface area (Å²) in [6.45, 7) is -0.455. The number of methoxy groups -OCH3 is 1. The number of rotatable bonds is 4. The molecule has 156 valence electrons. The Hall–Kier alpha value is -3.25. The fourth-order valence-corrected chi connectivity index (χ4v) is 3.68. The van der Waals surface area contributed by atoms with Crippen molar-refractivity contribution in [2.75, 3.05) is 13.7 Å². The monoisotopic (exact) mass is 413 g/mol. The number of imidazole rings is 2. The normalized spacial score (nSPS) is 24.1. The van der Waals surface area contributed by atoms with Crippen LogP contribution in [0.1, 0.15) is 6.23 Å². The molecule has 1 aromatic carbocycles. The van der Waals surface area contributed by atoms with Crippen LogP contribution in [0.15, 0.2) is 41.6 Å². The summed E-state index contributed by atoms with van der Waals surface area (Å²) < 4.78 is 13.4. The molecule has 0 amide bonds. The summed E-state index contributed by atoms with van der Waals surface area (Å²) in [7, 11) is 1.59. The van der Waals surface area contributed by atoms with Gasteiger partial charge in [-0.15, -0.1) is 0 Å². The fourth-order valence-electron chi connectivity index (χ4n) is 3.68. The van der Waals surface area contributed by atoms with Crippen molar-refractivity contribution in [1.82, 2.24) is 23.9 Å². The van der Waals surface area contributed by atoms with Crippen LogP contribution in [-0.4, -0.2) is 71.3 Å². The van der Waals surface area contributed by atoms with Crippen molar-refractivity contribution in [3.05, 3.63) is 47.1 Å². The number of aromatic amines is 1. The van der Waals surface area contributed by atoms with E-state index < -0.39 is 36.7 Å². The van der Waals surface area contributed by atoms with E-state index in [-0.39, 0.29) is 16.9 Å². The molecule has 0 unspecified atom stereocenters. The Labute approximate surface area is 168 Å². The summed E-state index contributed by atoms with van der Waals surface area (Å²) in [4.78, 5) is 24.7. The summed E-state index contributed by atoms with van der Waals surface area (Å²) in [5.41, 5.74) is 1.40. The molecule has 0 bridgehead atoms. The minimum Gasteiger partial charge on any atom is -0.497 e. The van der Waals surface area contributed by atoms with Crippen LogP contribution in [0.2, 0.25) is 0 Å². The van der Waals surface area contributed by atoms with Gasteiger partial charge in [0, 0.05) is 6.20 Å². The average molecular weight is 413 g/mol. The van der Waals surface area contributed by atoms with Crippen LogP contribution in [0.25, 0.3) is 28.2 Å². The zero-order chi connectivity index (χ0) is 21.0. The molecule has 0 saturated carbocycles. The first-order valence-electron chi connectivity index (χ1n) is 9.26. The van der Waals surface area contributed by atoms with Gasteiger partial charge in [0.1, 0.15) is 24.1 Å². The number of H-pyrrole nitrogens is 1. The van der Waals surface area contributed by atoms with Crippen LogP contribution in [-0.2, 0) is 4.74 Å². The molecule has 4 atom stereocenters. The van der Waals surface area contributed by atoms with Gasteiger partial charge >= 0.3 is 0 Å². The molecule has 5 rings (SSSR count). The molecule has 1 aliphatic heterocycles. The second kappa shape index (κ2) is 6.92. The third-order valence-electron chi connectivity index (χ3n) is 5.33. The molecule has 30 heavy (non-hydrogen) atoms. The van der Waals surface area contributed by atoms with Crippen LogP contribution >= 0.6 is 0 Å². The predicted molar refractivity (Wildman–Crippen MR) is 104 cm³/mol. The molecular weight excluding hydrogens is 394 g/mol. The van der Waals surface area contributed by atoms with Crippen molar-refractivity contribution >= 4 is 16.9 Å². The maximum absolute atomic E-state index is 12.9. The number of benzene rings is 1. The number of aliphatic hydroxyl groups excluding tert-OH is 3. The van der Waals surface area contributed by atoms with Crippen molar-refractivity contribution in [2.24, 2.45) is 0 Å². The van der Waals surface area contributed by atoms with E-state index in [0.717, 1.165) is 5.56 Å². The minimum absolute atomic E-state index is 0.0884. The van der Waals surface area contributed by atoms with E-state index >= 15 is 0 Å². The Balaban J connectivity index is 1.61. The van der Waals surface area contributed by atoms with Gasteiger partial charge in [0.05, 0.1) is 25.7 Å². The smallest absolute Gasteiger partial charge is 0.287 e. The largest absolute Gasteiger partial charge is 0.497 e. The summed E-state index contributed by atoms with van der Waals surface area (Å²) in [5, 5.41) is 29.6.